The molecule has 0 unspecified atom stereocenters. The van der Waals surface area contributed by atoms with Gasteiger partial charge in [0.1, 0.15) is 0 Å². The highest BCUT2D eigenvalue weighted by Gasteiger charge is 1.77. The van der Waals surface area contributed by atoms with Crippen molar-refractivity contribution in [2.45, 2.75) is 0 Å². The van der Waals surface area contributed by atoms with Crippen molar-refractivity contribution in [3.8, 4) is 0 Å². The van der Waals surface area contributed by atoms with E-state index in [2.05, 4.69) is 356 Å². The Morgan fingerprint density at radius 3 is 0.261 bits per heavy atom. The Morgan fingerprint density at radius 1 is 0.116 bits per heavy atom. The number of hydrogen-bond donors (Lipinski definition) is 2. The maximum atomic E-state index is 6.26. The molecule has 0 atom stereocenters. The van der Waals surface area contributed by atoms with Gasteiger partial charge in [0, 0.05) is 266 Å². The molecule has 0 aromatic rings. The van der Waals surface area contributed by atoms with Gasteiger partial charge in [-0.1, -0.05) is 5.22 Å². The minimum absolute atomic E-state index is 2.50. The molecule has 0 aromatic heterocycles. The lowest BCUT2D eigenvalue weighted by Crippen LogP contribution is -1.70. The Morgan fingerprint density at radius 2 is 0.188 bits per heavy atom. The summed E-state index contributed by atoms with van der Waals surface area (Å²) in [6.07, 6.45) is 0. The smallest absolute Gasteiger partial charge is 0 e. The first-order valence-corrected chi connectivity index (χ1v) is 13.7. The maximum absolute atomic E-state index is 6.26. The minimum Gasteiger partial charge on any atom is -0.303 e. The Labute approximate surface area is 362 Å². The Bertz CT molecular complexity index is 2350. The number of nitrogens with two attached hydrogens (primary N) is 1. The van der Waals surface area contributed by atoms with Crippen LogP contribution in [0.1, 0.15) is 0 Å². The van der Waals surface area contributed by atoms with Gasteiger partial charge in [0.25, 0.3) is 0 Å². The van der Waals surface area contributed by atoms with Crippen LogP contribution in [-0.4, -0.2) is 0 Å². The summed E-state index contributed by atoms with van der Waals surface area (Å²) in [5, 5.41) is 199. The average molecular weight is 970 g/mol. The molecule has 0 saturated carbocycles. The first-order valence-electron chi connectivity index (χ1n) is 13.7. The van der Waals surface area contributed by atoms with Crippen molar-refractivity contribution in [3.63, 3.8) is 0 Å². The normalized spacial score (nSPS) is 15.5. The van der Waals surface area contributed by atoms with Gasteiger partial charge in [-0.2, -0.15) is 5.53 Å². The molecule has 0 aliphatic heterocycles. The highest BCUT2D eigenvalue weighted by atomic mass is 15.8. The van der Waals surface area contributed by atoms with E-state index in [1.165, 1.54) is 0 Å². The van der Waals surface area contributed by atoms with Gasteiger partial charge >= 0.3 is 0 Å². The quantitative estimate of drug-likeness (QED) is 0.0361. The molecular weight excluding hydrogens is 966 g/mol. The van der Waals surface area contributed by atoms with Crippen molar-refractivity contribution in [1.29, 1.82) is 5.53 Å². The molecular formula is H3N69. The predicted octanol–water partition coefficient (Wildman–Crippen LogP) is 12.0. The molecule has 0 saturated heterocycles. The number of nitrogens with one attached hydrogen (secondary N) is 1. The third-order valence-corrected chi connectivity index (χ3v) is 2.66. The standard InChI is InChI=1S/H3N69/c1-3-5-7-9-11-13-15-17-19-21-23-25-27-29-31-33-35-37-39-41-43-45-47-49-51-53-55-57-59-61-63-65-67-69-68-66-64-62-60-58-56-54-52-50-48-46-44-42-40-38-36-34-32-30-28-26-24-22-20-18-16-14-12-10-8-6-4-2/h(H3,1,2,5,6,9,10,13,14,17,18,21,22,25,26,29,30,33,34,37,38,41,42,45,46,49,50,53,54,57,58,61,62,65,66,69). The van der Waals surface area contributed by atoms with E-state index in [4.69, 9.17) is 5.53 Å². The molecule has 0 rings (SSSR count). The molecule has 0 aliphatic carbocycles. The van der Waals surface area contributed by atoms with Crippen molar-refractivity contribution in [2.24, 2.45) is 356 Å². The van der Waals surface area contributed by atoms with Crippen LogP contribution in [0.15, 0.2) is 350 Å². The van der Waals surface area contributed by atoms with Crippen LogP contribution in [0.3, 0.4) is 0 Å². The van der Waals surface area contributed by atoms with Crippen LogP contribution < -0.4 is 5.84 Å². The molecule has 0 aliphatic rings. The monoisotopic (exact) mass is 969 g/mol. The summed E-state index contributed by atoms with van der Waals surface area (Å²) in [5.41, 5.74) is 6.26. The average Bonchev–Trinajstić information content (AvgIpc) is 3.36. The van der Waals surface area contributed by atoms with E-state index in [0.717, 1.165) is 0 Å². The first-order chi connectivity index (χ1) is 34.4. The summed E-state index contributed by atoms with van der Waals surface area (Å²) in [6, 6.07) is 0. The third-order valence-electron chi connectivity index (χ3n) is 2.66. The fraction of sp³-hybridized carbons (Fsp3) is 0. The fourth-order valence-corrected chi connectivity index (χ4v) is 1.17. The Hall–Kier alpha value is -13.8. The molecule has 0 radical (unpaired) electrons. The highest BCUT2D eigenvalue weighted by Crippen LogP contribution is 1.95. The summed E-state index contributed by atoms with van der Waals surface area (Å²) in [7, 11) is 0. The van der Waals surface area contributed by atoms with E-state index in [1.54, 1.807) is 0 Å². The Balaban J connectivity index is 4.09. The number of nitrogens with zero attached hydrogens (tertiary/aromatic N) is 67. The second kappa shape index (κ2) is 54.2. The summed E-state index contributed by atoms with van der Waals surface area (Å²) >= 11 is 0. The zero-order valence-corrected chi connectivity index (χ0v) is 31.0. The van der Waals surface area contributed by atoms with Crippen LogP contribution in [-0.2, 0) is 0 Å². The molecule has 0 heterocycles. The van der Waals surface area contributed by atoms with Crippen LogP contribution in [0.25, 0.3) is 0 Å². The van der Waals surface area contributed by atoms with Gasteiger partial charge in [-0.25, -0.2) is 0 Å². The van der Waals surface area contributed by atoms with E-state index >= 15 is 0 Å². The van der Waals surface area contributed by atoms with Gasteiger partial charge in [-0.3, -0.25) is 0 Å². The predicted molar refractivity (Wildman–Crippen MR) is 170 cm³/mol. The second-order valence-corrected chi connectivity index (χ2v) is 6.03. The number of hydrogen-bond acceptors (Lipinski definition) is 2. The van der Waals surface area contributed by atoms with E-state index in [1.807, 2.05) is 0 Å². The second-order valence-electron chi connectivity index (χ2n) is 6.03. The van der Waals surface area contributed by atoms with Crippen molar-refractivity contribution in [1.82, 2.24) is 0 Å². The van der Waals surface area contributed by atoms with E-state index in [9.17, 15) is 0 Å². The molecule has 0 aromatic carbocycles. The van der Waals surface area contributed by atoms with Gasteiger partial charge in [-0.15, -0.1) is 0 Å². The molecule has 0 fully saturated rings. The number of rotatable bonds is 33. The van der Waals surface area contributed by atoms with Gasteiger partial charge in [0.05, 0.1) is 0 Å². The van der Waals surface area contributed by atoms with Crippen molar-refractivity contribution >= 4 is 0 Å². The lowest BCUT2D eigenvalue weighted by molar-refractivity contribution is 0.723. The zero-order valence-electron chi connectivity index (χ0n) is 31.0. The van der Waals surface area contributed by atoms with Crippen LogP contribution in [0.5, 0.6) is 0 Å². The fourth-order valence-electron chi connectivity index (χ4n) is 1.17. The lowest BCUT2D eigenvalue weighted by atomic mass is 12.3. The van der Waals surface area contributed by atoms with Crippen LogP contribution in [0.4, 0.5) is 0 Å². The molecule has 348 valence electrons. The largest absolute Gasteiger partial charge is 0.303 e. The summed E-state index contributed by atoms with van der Waals surface area (Å²) in [6.45, 7) is 0. The van der Waals surface area contributed by atoms with E-state index in [-0.39, 0.29) is 0 Å². The SMILES string of the molecule is N=N/N=N/N=N/N=N/N=N/N=N/N=N/N=N/N=N/N=N/N=N/N=N/N=N/N=N/N=N/N=N/N=N/N=N/N=N/N=N/N=N/N=N/N=N/N=N/N=N/N=N/N=N/N=N/N=N/N=N/N=N/N=N/N=N/N=N/N. The molecule has 0 bridgehead atoms. The topological polar surface area (TPSA) is 878 Å². The van der Waals surface area contributed by atoms with Crippen LogP contribution in [0.2, 0.25) is 0 Å². The van der Waals surface area contributed by atoms with Gasteiger partial charge in [0.2, 0.25) is 0 Å². The molecule has 0 spiro atoms. The van der Waals surface area contributed by atoms with E-state index in [0.29, 0.717) is 0 Å². The van der Waals surface area contributed by atoms with Crippen LogP contribution in [0, 0.1) is 5.53 Å². The van der Waals surface area contributed by atoms with Crippen LogP contribution >= 0.6 is 0 Å². The molecule has 69 heteroatoms. The first kappa shape index (κ1) is 55.2. The molecule has 69 heavy (non-hydrogen) atoms. The zero-order chi connectivity index (χ0) is 49.4. The van der Waals surface area contributed by atoms with Gasteiger partial charge in [-0.05, 0) is 78.3 Å². The molecule has 3 N–H and O–H groups in total. The van der Waals surface area contributed by atoms with E-state index < -0.39 is 0 Å². The Kier molecular flexibility index (Phi) is 43.4. The minimum atomic E-state index is 2.50. The van der Waals surface area contributed by atoms with Gasteiger partial charge in [0.15, 0.2) is 0 Å². The van der Waals surface area contributed by atoms with Crippen molar-refractivity contribution in [3.05, 3.63) is 0 Å². The summed E-state index contributed by atoms with van der Waals surface area (Å²) in [4.78, 5) is 0. The summed E-state index contributed by atoms with van der Waals surface area (Å²) in [5.74, 6) is 4.63. The highest BCUT2D eigenvalue weighted by molar-refractivity contribution is 4.19. The summed E-state index contributed by atoms with van der Waals surface area (Å²) < 4.78 is 0. The maximum Gasteiger partial charge on any atom is 0 e. The molecule has 0 amide bonds. The molecule has 69 nitrogen and oxygen atoms in total. The third kappa shape index (κ3) is 54.2. The van der Waals surface area contributed by atoms with Crippen molar-refractivity contribution < 1.29 is 0 Å². The lowest BCUT2D eigenvalue weighted by Gasteiger charge is -1.70. The van der Waals surface area contributed by atoms with Crippen molar-refractivity contribution in [2.75, 3.05) is 0 Å². The van der Waals surface area contributed by atoms with Gasteiger partial charge < -0.3 is 5.84 Å².